The number of benzene rings is 6. The number of methoxy groups -OCH3 is 1. The third kappa shape index (κ3) is 12.0. The van der Waals surface area contributed by atoms with E-state index in [0.29, 0.717) is 125 Å². The van der Waals surface area contributed by atoms with Crippen molar-refractivity contribution in [3.05, 3.63) is 204 Å². The van der Waals surface area contributed by atoms with E-state index in [4.69, 9.17) is 65.8 Å². The van der Waals surface area contributed by atoms with Crippen LogP contribution in [0.15, 0.2) is 154 Å². The highest BCUT2D eigenvalue weighted by atomic mass is 35.5. The molecular weight excluding hydrogens is 1190 g/mol. The molecule has 0 atom stereocenters. The van der Waals surface area contributed by atoms with Gasteiger partial charge in [-0.15, -0.1) is 0 Å². The summed E-state index contributed by atoms with van der Waals surface area (Å²) in [4.78, 5) is 74.6. The monoisotopic (exact) mass is 1240 g/mol. The van der Waals surface area contributed by atoms with Crippen molar-refractivity contribution in [2.24, 2.45) is 7.05 Å². The van der Waals surface area contributed by atoms with Crippen LogP contribution in [0.1, 0.15) is 34.6 Å². The van der Waals surface area contributed by atoms with E-state index in [1.807, 2.05) is 13.8 Å². The van der Waals surface area contributed by atoms with Gasteiger partial charge in [0.15, 0.2) is 23.0 Å². The van der Waals surface area contributed by atoms with E-state index < -0.39 is 40.3 Å². The van der Waals surface area contributed by atoms with E-state index >= 15 is 0 Å². The van der Waals surface area contributed by atoms with Gasteiger partial charge in [0, 0.05) is 61.8 Å². The first-order chi connectivity index (χ1) is 42.6. The van der Waals surface area contributed by atoms with Crippen molar-refractivity contribution < 1.29 is 61.0 Å². The molecule has 2 aliphatic heterocycles. The van der Waals surface area contributed by atoms with Crippen LogP contribution in [0.25, 0.3) is 33.2 Å². The maximum atomic E-state index is 13.4. The Balaban J connectivity index is 0.000000182. The average Bonchev–Trinajstić information content (AvgIpc) is 1.17. The molecule has 6 heterocycles. The maximum Gasteiger partial charge on any atom is 0.335 e. The molecule has 21 nitrogen and oxygen atoms in total. The second-order valence-corrected chi connectivity index (χ2v) is 19.9. The summed E-state index contributed by atoms with van der Waals surface area (Å²) in [5.74, 6) is 2.05. The van der Waals surface area contributed by atoms with Gasteiger partial charge in [-0.1, -0.05) is 23.2 Å². The van der Waals surface area contributed by atoms with Gasteiger partial charge in [0.05, 0.1) is 69.2 Å². The lowest BCUT2D eigenvalue weighted by Crippen LogP contribution is -2.41. The second-order valence-electron chi connectivity index (χ2n) is 19.1. The van der Waals surface area contributed by atoms with Crippen LogP contribution in [0.2, 0.25) is 10.0 Å². The van der Waals surface area contributed by atoms with Gasteiger partial charge in [0.25, 0.3) is 22.9 Å². The number of aromatic nitrogens is 5. The summed E-state index contributed by atoms with van der Waals surface area (Å²) in [6, 6.07) is 27.7. The number of nitrogens with one attached hydrogen (secondary N) is 2. The summed E-state index contributed by atoms with van der Waals surface area (Å²) in [7, 11) is 2.74. The molecular formula is C63H49Cl2F2N7O14. The molecule has 10 aromatic rings. The molecule has 88 heavy (non-hydrogen) atoms. The number of aryl methyl sites for hydroxylation is 1. The van der Waals surface area contributed by atoms with Crippen LogP contribution < -0.4 is 70.1 Å². The zero-order valence-corrected chi connectivity index (χ0v) is 48.5. The molecule has 0 aliphatic carbocycles. The first-order valence-corrected chi connectivity index (χ1v) is 27.8. The van der Waals surface area contributed by atoms with Crippen molar-refractivity contribution in [1.29, 1.82) is 0 Å². The number of nitrogens with zero attached hydrogens (tertiary/aromatic N) is 5. The van der Waals surface area contributed by atoms with Crippen molar-refractivity contribution >= 4 is 68.2 Å². The topological polar surface area (TPSA) is 233 Å². The molecule has 0 bridgehead atoms. The third-order valence-corrected chi connectivity index (χ3v) is 14.1. The van der Waals surface area contributed by atoms with Crippen molar-refractivity contribution in [3.8, 4) is 74.6 Å². The summed E-state index contributed by atoms with van der Waals surface area (Å²) in [5, 5.41) is 6.75. The standard InChI is InChI=1S/C32H25ClFN3O7.C31H24ClFN4O7/c1-3-41-26-17-23-27(30-29(26)42-14-15-43-30)25(10-12-35-23)44-20-8-9-22(21(33)16-20)36-31(38)28-24(40-2)11-13-37(32(28)39)19-6-4-18(34)5-7-19;1-3-41-25-15-23-26(28-27(25)42-12-13-43-28)24(10-11-34-23)44-19-8-9-22(21(32)14-19)35-29(38)20-16-36(2)31(40)37(30(20)39)18-6-4-17(33)5-7-18/h4-13,16-17H,3,14-15H2,1-2H3,(H,36,38);4-11,14-16H,3,12-13H2,1-2H3,(H,35,38). The number of pyridine rings is 3. The largest absolute Gasteiger partial charge is 0.496 e. The first kappa shape index (κ1) is 59.1. The Morgan fingerprint density at radius 2 is 1.06 bits per heavy atom. The summed E-state index contributed by atoms with van der Waals surface area (Å²) in [5.41, 5.74) is -0.720. The average molecular weight is 1240 g/mol. The lowest BCUT2D eigenvalue weighted by molar-refractivity contribution is 0.101. The number of fused-ring (bicyclic) bond motifs is 6. The molecule has 6 aromatic carbocycles. The van der Waals surface area contributed by atoms with Crippen molar-refractivity contribution in [2.45, 2.75) is 13.8 Å². The minimum absolute atomic E-state index is 0.0635. The number of hydrogen-bond donors (Lipinski definition) is 2. The Morgan fingerprint density at radius 1 is 0.580 bits per heavy atom. The molecule has 4 aromatic heterocycles. The smallest absolute Gasteiger partial charge is 0.335 e. The molecule has 0 saturated carbocycles. The van der Waals surface area contributed by atoms with E-state index in [1.165, 1.54) is 85.6 Å². The van der Waals surface area contributed by atoms with Gasteiger partial charge >= 0.3 is 5.69 Å². The molecule has 25 heteroatoms. The Labute approximate surface area is 507 Å². The Kier molecular flexibility index (Phi) is 17.1. The van der Waals surface area contributed by atoms with Crippen LogP contribution in [-0.2, 0) is 7.05 Å². The van der Waals surface area contributed by atoms with Crippen molar-refractivity contribution in [2.75, 3.05) is 57.4 Å². The first-order valence-electron chi connectivity index (χ1n) is 27.0. The zero-order chi connectivity index (χ0) is 61.8. The molecule has 0 radical (unpaired) electrons. The van der Waals surface area contributed by atoms with Gasteiger partial charge < -0.3 is 57.8 Å². The molecule has 448 valence electrons. The fourth-order valence-electron chi connectivity index (χ4n) is 9.54. The number of halogens is 4. The number of ether oxygens (including phenoxy) is 9. The predicted molar refractivity (Wildman–Crippen MR) is 323 cm³/mol. The summed E-state index contributed by atoms with van der Waals surface area (Å²) < 4.78 is 82.6. The molecule has 0 fully saturated rings. The third-order valence-electron chi connectivity index (χ3n) is 13.5. The number of rotatable bonds is 15. The Hall–Kier alpha value is -10.7. The van der Waals surface area contributed by atoms with Crippen LogP contribution in [0, 0.1) is 11.6 Å². The highest BCUT2D eigenvalue weighted by Gasteiger charge is 2.28. The van der Waals surface area contributed by atoms with Crippen molar-refractivity contribution in [1.82, 2.24) is 23.7 Å². The predicted octanol–water partition coefficient (Wildman–Crippen LogP) is 11.5. The zero-order valence-electron chi connectivity index (χ0n) is 47.0. The highest BCUT2D eigenvalue weighted by molar-refractivity contribution is 6.34. The SMILES string of the molecule is CCOc1cc2nccc(Oc3ccc(NC(=O)c4c(OC)ccn(-c5ccc(F)cc5)c4=O)c(Cl)c3)c2c2c1OCCO2.CCOc1cc2nccc(Oc3ccc(NC(=O)c4cn(C)c(=O)n(-c5ccc(F)cc5)c4=O)c(Cl)c3)c2c2c1OCCO2. The minimum atomic E-state index is -0.875. The molecule has 0 unspecified atom stereocenters. The summed E-state index contributed by atoms with van der Waals surface area (Å²) >= 11 is 13.1. The van der Waals surface area contributed by atoms with E-state index in [0.717, 1.165) is 27.5 Å². The Morgan fingerprint density at radius 3 is 1.53 bits per heavy atom. The van der Waals surface area contributed by atoms with Gasteiger partial charge in [-0.25, -0.2) is 18.1 Å². The van der Waals surface area contributed by atoms with E-state index in [-0.39, 0.29) is 44.0 Å². The molecule has 2 N–H and O–H groups in total. The van der Waals surface area contributed by atoms with Gasteiger partial charge in [0.1, 0.15) is 77.9 Å². The summed E-state index contributed by atoms with van der Waals surface area (Å²) in [6.45, 7) is 6.08. The number of amides is 2. The van der Waals surface area contributed by atoms with Crippen molar-refractivity contribution in [3.63, 3.8) is 0 Å². The molecule has 12 rings (SSSR count). The molecule has 2 aliphatic rings. The van der Waals surface area contributed by atoms with Crippen LogP contribution in [0.5, 0.6) is 63.2 Å². The van der Waals surface area contributed by atoms with Crippen LogP contribution in [-0.4, -0.2) is 82.2 Å². The fourth-order valence-corrected chi connectivity index (χ4v) is 9.97. The van der Waals surface area contributed by atoms with Crippen LogP contribution in [0.4, 0.5) is 20.2 Å². The van der Waals surface area contributed by atoms with E-state index in [2.05, 4.69) is 20.6 Å². The molecule has 2 amide bonds. The summed E-state index contributed by atoms with van der Waals surface area (Å²) in [6.07, 6.45) is 5.76. The normalized spacial score (nSPS) is 12.1. The maximum absolute atomic E-state index is 13.4. The number of carbonyl (C=O) groups is 2. The number of anilines is 2. The lowest BCUT2D eigenvalue weighted by Gasteiger charge is -2.23. The van der Waals surface area contributed by atoms with E-state index in [1.54, 1.807) is 54.9 Å². The van der Waals surface area contributed by atoms with Gasteiger partial charge in [-0.05, 0) is 105 Å². The second kappa shape index (κ2) is 25.5. The molecule has 0 spiro atoms. The van der Waals surface area contributed by atoms with Gasteiger partial charge in [0.2, 0.25) is 11.5 Å². The quantitative estimate of drug-likeness (QED) is 0.0971. The lowest BCUT2D eigenvalue weighted by atomic mass is 10.1. The van der Waals surface area contributed by atoms with Gasteiger partial charge in [-0.2, -0.15) is 0 Å². The number of carbonyl (C=O) groups excluding carboxylic acids is 2. The fraction of sp³-hybridized carbons (Fsp3) is 0.159. The molecule has 0 saturated heterocycles. The van der Waals surface area contributed by atoms with E-state index in [9.17, 15) is 32.8 Å². The van der Waals surface area contributed by atoms with Gasteiger partial charge in [-0.3, -0.25) is 33.7 Å². The van der Waals surface area contributed by atoms with Crippen LogP contribution >= 0.6 is 23.2 Å². The van der Waals surface area contributed by atoms with Crippen LogP contribution in [0.3, 0.4) is 0 Å². The number of hydrogen-bond acceptors (Lipinski definition) is 16. The Bertz CT molecular complexity index is 4570. The minimum Gasteiger partial charge on any atom is -0.496 e. The highest BCUT2D eigenvalue weighted by Crippen LogP contribution is 2.50.